The second-order valence-corrected chi connectivity index (χ2v) is 9.11. The molecular weight excluding hydrogens is 432 g/mol. The van der Waals surface area contributed by atoms with Crippen LogP contribution in [0.3, 0.4) is 0 Å². The number of benzene rings is 1. The normalized spacial score (nSPS) is 15.4. The highest BCUT2D eigenvalue weighted by Gasteiger charge is 2.35. The fraction of sp³-hybridized carbons (Fsp3) is 0.333. The first-order chi connectivity index (χ1) is 15.1. The van der Waals surface area contributed by atoms with Crippen LogP contribution in [0.5, 0.6) is 0 Å². The van der Waals surface area contributed by atoms with Gasteiger partial charge in [-0.05, 0) is 42.5 Å². The molecule has 7 heteroatoms. The van der Waals surface area contributed by atoms with Crippen molar-refractivity contribution in [1.29, 1.82) is 0 Å². The number of furan rings is 1. The zero-order chi connectivity index (χ0) is 21.6. The van der Waals surface area contributed by atoms with Crippen molar-refractivity contribution < 1.29 is 14.0 Å². The van der Waals surface area contributed by atoms with Crippen LogP contribution in [-0.4, -0.2) is 22.8 Å². The van der Waals surface area contributed by atoms with E-state index in [1.807, 2.05) is 29.6 Å². The Morgan fingerprint density at radius 2 is 1.90 bits per heavy atom. The lowest BCUT2D eigenvalue weighted by atomic mass is 9.94. The molecule has 0 unspecified atom stereocenters. The predicted molar refractivity (Wildman–Crippen MR) is 122 cm³/mol. The Hall–Kier alpha value is -2.57. The number of thiophene rings is 1. The number of amides is 2. The number of hydrogen-bond donors (Lipinski definition) is 1. The second kappa shape index (κ2) is 10.2. The standard InChI is InChI=1S/C24H25ClN2O3S/c25-20-12-5-4-11-19(20)22(23(28)26-17-8-2-1-3-9-17)27(16-18-10-6-14-30-18)24(29)21-13-7-15-31-21/h4-7,10-15,17,22H,1-3,8-9,16H2,(H,26,28)/t22-/m0/s1. The summed E-state index contributed by atoms with van der Waals surface area (Å²) in [5.41, 5.74) is 0.605. The number of carbonyl (C=O) groups excluding carboxylic acids is 2. The number of halogens is 1. The number of nitrogens with zero attached hydrogens (tertiary/aromatic N) is 1. The van der Waals surface area contributed by atoms with Gasteiger partial charge in [-0.2, -0.15) is 0 Å². The summed E-state index contributed by atoms with van der Waals surface area (Å²) in [7, 11) is 0. The molecule has 162 valence electrons. The molecule has 1 aliphatic rings. The van der Waals surface area contributed by atoms with Gasteiger partial charge in [-0.1, -0.05) is 55.1 Å². The molecule has 1 N–H and O–H groups in total. The second-order valence-electron chi connectivity index (χ2n) is 7.76. The van der Waals surface area contributed by atoms with Crippen LogP contribution in [0.4, 0.5) is 0 Å². The van der Waals surface area contributed by atoms with Crippen LogP contribution in [0, 0.1) is 0 Å². The molecule has 0 bridgehead atoms. The van der Waals surface area contributed by atoms with Gasteiger partial charge in [0.2, 0.25) is 5.91 Å². The highest BCUT2D eigenvalue weighted by molar-refractivity contribution is 7.12. The maximum Gasteiger partial charge on any atom is 0.265 e. The average Bonchev–Trinajstić information content (AvgIpc) is 3.49. The van der Waals surface area contributed by atoms with E-state index in [-0.39, 0.29) is 24.4 Å². The Morgan fingerprint density at radius 1 is 1.10 bits per heavy atom. The molecule has 1 aromatic carbocycles. The highest BCUT2D eigenvalue weighted by Crippen LogP contribution is 2.32. The fourth-order valence-corrected chi connectivity index (χ4v) is 4.99. The van der Waals surface area contributed by atoms with Crippen LogP contribution in [0.1, 0.15) is 59.1 Å². The topological polar surface area (TPSA) is 62.6 Å². The lowest BCUT2D eigenvalue weighted by Crippen LogP contribution is -2.46. The third-order valence-electron chi connectivity index (χ3n) is 5.61. The molecule has 0 aliphatic heterocycles. The molecule has 0 spiro atoms. The van der Waals surface area contributed by atoms with Crippen molar-refractivity contribution >= 4 is 34.8 Å². The number of nitrogens with one attached hydrogen (secondary N) is 1. The lowest BCUT2D eigenvalue weighted by Gasteiger charge is -2.33. The summed E-state index contributed by atoms with van der Waals surface area (Å²) in [5.74, 6) is 0.166. The molecule has 1 atom stereocenters. The molecule has 2 heterocycles. The molecule has 3 aromatic rings. The van der Waals surface area contributed by atoms with E-state index in [0.717, 1.165) is 25.7 Å². The smallest absolute Gasteiger partial charge is 0.265 e. The lowest BCUT2D eigenvalue weighted by molar-refractivity contribution is -0.127. The Kier molecular flexibility index (Phi) is 7.10. The molecule has 31 heavy (non-hydrogen) atoms. The highest BCUT2D eigenvalue weighted by atomic mass is 35.5. The molecular formula is C24H25ClN2O3S. The maximum atomic E-state index is 13.6. The maximum absolute atomic E-state index is 13.6. The van der Waals surface area contributed by atoms with Gasteiger partial charge < -0.3 is 14.6 Å². The van der Waals surface area contributed by atoms with Gasteiger partial charge in [0.05, 0.1) is 17.7 Å². The SMILES string of the molecule is O=C(NC1CCCCC1)[C@H](c1ccccc1Cl)N(Cc1ccco1)C(=O)c1cccs1. The summed E-state index contributed by atoms with van der Waals surface area (Å²) in [6.07, 6.45) is 6.88. The van der Waals surface area contributed by atoms with Crippen LogP contribution in [0.2, 0.25) is 5.02 Å². The van der Waals surface area contributed by atoms with Gasteiger partial charge in [-0.25, -0.2) is 0 Å². The van der Waals surface area contributed by atoms with Crippen LogP contribution in [0.25, 0.3) is 0 Å². The van der Waals surface area contributed by atoms with Crippen LogP contribution in [-0.2, 0) is 11.3 Å². The van der Waals surface area contributed by atoms with E-state index in [0.29, 0.717) is 21.2 Å². The van der Waals surface area contributed by atoms with E-state index in [4.69, 9.17) is 16.0 Å². The summed E-state index contributed by atoms with van der Waals surface area (Å²) in [4.78, 5) is 29.3. The van der Waals surface area contributed by atoms with Crippen molar-refractivity contribution in [2.75, 3.05) is 0 Å². The third kappa shape index (κ3) is 5.20. The Bertz CT molecular complexity index is 998. The summed E-state index contributed by atoms with van der Waals surface area (Å²) in [6, 6.07) is 13.6. The van der Waals surface area contributed by atoms with Gasteiger partial charge >= 0.3 is 0 Å². The summed E-state index contributed by atoms with van der Waals surface area (Å²) < 4.78 is 5.52. The largest absolute Gasteiger partial charge is 0.467 e. The van der Waals surface area contributed by atoms with E-state index >= 15 is 0 Å². The van der Waals surface area contributed by atoms with Gasteiger partial charge in [0, 0.05) is 16.6 Å². The van der Waals surface area contributed by atoms with Gasteiger partial charge in [-0.3, -0.25) is 9.59 Å². The third-order valence-corrected chi connectivity index (χ3v) is 6.81. The van der Waals surface area contributed by atoms with Crippen LogP contribution >= 0.6 is 22.9 Å². The molecule has 5 nitrogen and oxygen atoms in total. The van der Waals surface area contributed by atoms with E-state index in [1.54, 1.807) is 35.4 Å². The minimum Gasteiger partial charge on any atom is -0.467 e. The quantitative estimate of drug-likeness (QED) is 0.486. The Balaban J connectivity index is 1.72. The summed E-state index contributed by atoms with van der Waals surface area (Å²) in [5, 5.41) is 5.49. The van der Waals surface area contributed by atoms with Gasteiger partial charge in [0.1, 0.15) is 11.8 Å². The van der Waals surface area contributed by atoms with Gasteiger partial charge in [0.25, 0.3) is 5.91 Å². The van der Waals surface area contributed by atoms with E-state index in [1.165, 1.54) is 17.8 Å². The Labute approximate surface area is 191 Å². The van der Waals surface area contributed by atoms with Crippen molar-refractivity contribution in [3.63, 3.8) is 0 Å². The average molecular weight is 457 g/mol. The zero-order valence-electron chi connectivity index (χ0n) is 17.1. The predicted octanol–water partition coefficient (Wildman–Crippen LogP) is 5.83. The first-order valence-corrected chi connectivity index (χ1v) is 11.8. The first kappa shape index (κ1) is 21.7. The number of hydrogen-bond acceptors (Lipinski definition) is 4. The molecule has 4 rings (SSSR count). The van der Waals surface area contributed by atoms with Gasteiger partial charge in [0.15, 0.2) is 0 Å². The zero-order valence-corrected chi connectivity index (χ0v) is 18.7. The molecule has 2 aromatic heterocycles. The number of rotatable bonds is 7. The molecule has 2 amide bonds. The molecule has 0 radical (unpaired) electrons. The van der Waals surface area contributed by atoms with Crippen molar-refractivity contribution in [3.8, 4) is 0 Å². The van der Waals surface area contributed by atoms with E-state index < -0.39 is 6.04 Å². The van der Waals surface area contributed by atoms with Gasteiger partial charge in [-0.15, -0.1) is 11.3 Å². The van der Waals surface area contributed by atoms with Crippen LogP contribution in [0.15, 0.2) is 64.6 Å². The Morgan fingerprint density at radius 3 is 2.58 bits per heavy atom. The number of carbonyl (C=O) groups is 2. The first-order valence-electron chi connectivity index (χ1n) is 10.5. The molecule has 1 fully saturated rings. The summed E-state index contributed by atoms with van der Waals surface area (Å²) in [6.45, 7) is 0.164. The fourth-order valence-electron chi connectivity index (χ4n) is 4.07. The van der Waals surface area contributed by atoms with E-state index in [9.17, 15) is 9.59 Å². The molecule has 1 aliphatic carbocycles. The minimum absolute atomic E-state index is 0.119. The monoisotopic (exact) mass is 456 g/mol. The van der Waals surface area contributed by atoms with E-state index in [2.05, 4.69) is 5.32 Å². The van der Waals surface area contributed by atoms with Crippen LogP contribution < -0.4 is 5.32 Å². The van der Waals surface area contributed by atoms with Crippen molar-refractivity contribution in [1.82, 2.24) is 10.2 Å². The van der Waals surface area contributed by atoms with Crippen molar-refractivity contribution in [2.24, 2.45) is 0 Å². The molecule has 1 saturated carbocycles. The summed E-state index contributed by atoms with van der Waals surface area (Å²) >= 11 is 7.87. The minimum atomic E-state index is -0.865. The molecule has 0 saturated heterocycles. The van der Waals surface area contributed by atoms with Crippen molar-refractivity contribution in [2.45, 2.75) is 50.7 Å². The van der Waals surface area contributed by atoms with Crippen molar-refractivity contribution in [3.05, 3.63) is 81.4 Å².